The van der Waals surface area contributed by atoms with Gasteiger partial charge in [0.2, 0.25) is 0 Å². The zero-order chi connectivity index (χ0) is 15.6. The Morgan fingerprint density at radius 1 is 1.05 bits per heavy atom. The summed E-state index contributed by atoms with van der Waals surface area (Å²) in [5.41, 5.74) is 3.98. The maximum atomic E-state index is 13.4. The number of benzene rings is 2. The van der Waals surface area contributed by atoms with Crippen LogP contribution in [0.3, 0.4) is 0 Å². The molecule has 0 saturated carbocycles. The molecule has 7 heteroatoms. The second-order valence-electron chi connectivity index (χ2n) is 4.25. The maximum absolute atomic E-state index is 13.4. The fourth-order valence-electron chi connectivity index (χ4n) is 1.71. The van der Waals surface area contributed by atoms with Gasteiger partial charge in [-0.1, -0.05) is 12.1 Å². The van der Waals surface area contributed by atoms with E-state index in [1.165, 1.54) is 18.2 Å². The Kier molecular flexibility index (Phi) is 4.02. The van der Waals surface area contributed by atoms with Gasteiger partial charge in [0.1, 0.15) is 12.4 Å². The van der Waals surface area contributed by atoms with E-state index in [4.69, 9.17) is 10.5 Å². The second-order valence-corrected chi connectivity index (χ2v) is 4.25. The minimum atomic E-state index is -4.66. The van der Waals surface area contributed by atoms with Gasteiger partial charge in [-0.05, 0) is 24.3 Å². The first-order valence-electron chi connectivity index (χ1n) is 5.81. The smallest absolute Gasteiger partial charge is 0.420 e. The predicted molar refractivity (Wildman–Crippen MR) is 66.5 cm³/mol. The highest BCUT2D eigenvalue weighted by Crippen LogP contribution is 2.37. The lowest BCUT2D eigenvalue weighted by molar-refractivity contribution is -0.139. The van der Waals surface area contributed by atoms with Crippen molar-refractivity contribution in [3.05, 3.63) is 59.2 Å². The van der Waals surface area contributed by atoms with Gasteiger partial charge in [0.25, 0.3) is 0 Å². The summed E-state index contributed by atoms with van der Waals surface area (Å²) in [5, 5.41) is 0. The Hall–Kier alpha value is -2.31. The van der Waals surface area contributed by atoms with E-state index in [1.54, 1.807) is 0 Å². The number of anilines is 1. The van der Waals surface area contributed by atoms with Gasteiger partial charge in [0, 0.05) is 11.3 Å². The molecule has 0 aliphatic carbocycles. The Labute approximate surface area is 116 Å². The second kappa shape index (κ2) is 5.59. The Morgan fingerprint density at radius 2 is 1.76 bits per heavy atom. The summed E-state index contributed by atoms with van der Waals surface area (Å²) < 4.78 is 69.8. The van der Waals surface area contributed by atoms with Crippen molar-refractivity contribution in [2.75, 3.05) is 5.73 Å². The van der Waals surface area contributed by atoms with Crippen molar-refractivity contribution in [3.8, 4) is 5.75 Å². The Morgan fingerprint density at radius 3 is 2.43 bits per heavy atom. The lowest BCUT2D eigenvalue weighted by Crippen LogP contribution is -2.10. The highest BCUT2D eigenvalue weighted by atomic mass is 19.4. The van der Waals surface area contributed by atoms with Crippen molar-refractivity contribution >= 4 is 5.69 Å². The first-order chi connectivity index (χ1) is 9.79. The average Bonchev–Trinajstić information content (AvgIpc) is 2.40. The molecule has 0 bridgehead atoms. The molecule has 0 unspecified atom stereocenters. The van der Waals surface area contributed by atoms with Gasteiger partial charge >= 0.3 is 6.18 Å². The summed E-state index contributed by atoms with van der Waals surface area (Å²) in [4.78, 5) is 0. The van der Waals surface area contributed by atoms with E-state index in [9.17, 15) is 22.0 Å². The molecule has 0 aromatic heterocycles. The number of rotatable bonds is 3. The molecule has 0 aliphatic rings. The first-order valence-corrected chi connectivity index (χ1v) is 5.81. The van der Waals surface area contributed by atoms with Crippen molar-refractivity contribution in [3.63, 3.8) is 0 Å². The average molecular weight is 303 g/mol. The minimum Gasteiger partial charge on any atom is -0.488 e. The molecule has 2 rings (SSSR count). The molecule has 0 amide bonds. The molecular weight excluding hydrogens is 293 g/mol. The number of halogens is 5. The number of nitrogen functional groups attached to an aromatic ring is 1. The fourth-order valence-corrected chi connectivity index (χ4v) is 1.71. The molecule has 2 aromatic carbocycles. The highest BCUT2D eigenvalue weighted by Gasteiger charge is 2.34. The van der Waals surface area contributed by atoms with Crippen molar-refractivity contribution in [1.82, 2.24) is 0 Å². The molecule has 0 fully saturated rings. The van der Waals surface area contributed by atoms with Gasteiger partial charge in [-0.3, -0.25) is 0 Å². The predicted octanol–water partition coefficient (Wildman–Crippen LogP) is 4.14. The van der Waals surface area contributed by atoms with Crippen molar-refractivity contribution < 1.29 is 26.7 Å². The Balaban J connectivity index is 2.26. The van der Waals surface area contributed by atoms with Crippen LogP contribution in [0.15, 0.2) is 36.4 Å². The maximum Gasteiger partial charge on any atom is 0.420 e. The van der Waals surface area contributed by atoms with Crippen LogP contribution in [0.5, 0.6) is 5.75 Å². The molecule has 112 valence electrons. The summed E-state index contributed by atoms with van der Waals surface area (Å²) in [5.74, 6) is -2.74. The molecular formula is C14H10F5NO. The van der Waals surface area contributed by atoms with Crippen molar-refractivity contribution in [2.45, 2.75) is 12.8 Å². The normalized spacial score (nSPS) is 11.5. The van der Waals surface area contributed by atoms with E-state index >= 15 is 0 Å². The van der Waals surface area contributed by atoms with Gasteiger partial charge in [-0.2, -0.15) is 13.2 Å². The molecule has 0 aliphatic heterocycles. The van der Waals surface area contributed by atoms with E-state index in [-0.39, 0.29) is 11.3 Å². The first kappa shape index (κ1) is 15.1. The van der Waals surface area contributed by atoms with Crippen LogP contribution in [-0.4, -0.2) is 0 Å². The molecule has 0 heterocycles. The molecule has 2 nitrogen and oxygen atoms in total. The SMILES string of the molecule is Nc1ccc(OCc2cccc(F)c2F)c(C(F)(F)F)c1. The van der Waals surface area contributed by atoms with E-state index in [0.29, 0.717) is 0 Å². The largest absolute Gasteiger partial charge is 0.488 e. The van der Waals surface area contributed by atoms with Gasteiger partial charge in [-0.15, -0.1) is 0 Å². The molecule has 2 N–H and O–H groups in total. The summed E-state index contributed by atoms with van der Waals surface area (Å²) in [6, 6.07) is 6.36. The number of nitrogens with two attached hydrogens (primary N) is 1. The quantitative estimate of drug-likeness (QED) is 0.683. The molecule has 0 atom stereocenters. The van der Waals surface area contributed by atoms with E-state index in [2.05, 4.69) is 0 Å². The van der Waals surface area contributed by atoms with Crippen LogP contribution < -0.4 is 10.5 Å². The molecule has 0 radical (unpaired) electrons. The van der Waals surface area contributed by atoms with Crippen LogP contribution in [0.1, 0.15) is 11.1 Å². The van der Waals surface area contributed by atoms with Gasteiger partial charge in [0.15, 0.2) is 11.6 Å². The van der Waals surface area contributed by atoms with Crippen molar-refractivity contribution in [2.24, 2.45) is 0 Å². The zero-order valence-corrected chi connectivity index (χ0v) is 10.5. The van der Waals surface area contributed by atoms with Crippen LogP contribution in [0.2, 0.25) is 0 Å². The van der Waals surface area contributed by atoms with Crippen LogP contribution >= 0.6 is 0 Å². The third kappa shape index (κ3) is 3.42. The Bertz CT molecular complexity index is 654. The molecule has 0 saturated heterocycles. The van der Waals surface area contributed by atoms with E-state index in [0.717, 1.165) is 18.2 Å². The number of hydrogen-bond acceptors (Lipinski definition) is 2. The summed E-state index contributed by atoms with van der Waals surface area (Å²) in [6.45, 7) is -0.531. The van der Waals surface area contributed by atoms with Crippen LogP contribution in [0.25, 0.3) is 0 Å². The lowest BCUT2D eigenvalue weighted by Gasteiger charge is -2.15. The highest BCUT2D eigenvalue weighted by molar-refractivity contribution is 5.49. The van der Waals surface area contributed by atoms with Crippen LogP contribution in [0, 0.1) is 11.6 Å². The fraction of sp³-hybridized carbons (Fsp3) is 0.143. The topological polar surface area (TPSA) is 35.2 Å². The number of alkyl halides is 3. The van der Waals surface area contributed by atoms with Crippen LogP contribution in [-0.2, 0) is 12.8 Å². The third-order valence-electron chi connectivity index (χ3n) is 2.72. The van der Waals surface area contributed by atoms with E-state index < -0.39 is 35.7 Å². The standard InChI is InChI=1S/C14H10F5NO/c15-11-3-1-2-8(13(11)16)7-21-12-5-4-9(20)6-10(12)14(17,18)19/h1-6H,7,20H2. The van der Waals surface area contributed by atoms with Crippen molar-refractivity contribution in [1.29, 1.82) is 0 Å². The summed E-state index contributed by atoms with van der Waals surface area (Å²) >= 11 is 0. The van der Waals surface area contributed by atoms with Gasteiger partial charge in [0.05, 0.1) is 5.56 Å². The van der Waals surface area contributed by atoms with Crippen LogP contribution in [0.4, 0.5) is 27.6 Å². The number of ether oxygens (including phenoxy) is 1. The lowest BCUT2D eigenvalue weighted by atomic mass is 10.1. The van der Waals surface area contributed by atoms with E-state index in [1.807, 2.05) is 0 Å². The zero-order valence-electron chi connectivity index (χ0n) is 10.5. The summed E-state index contributed by atoms with van der Waals surface area (Å²) in [7, 11) is 0. The van der Waals surface area contributed by atoms with Gasteiger partial charge in [-0.25, -0.2) is 8.78 Å². The molecule has 2 aromatic rings. The van der Waals surface area contributed by atoms with Gasteiger partial charge < -0.3 is 10.5 Å². The molecule has 0 spiro atoms. The molecule has 21 heavy (non-hydrogen) atoms. The monoisotopic (exact) mass is 303 g/mol. The third-order valence-corrected chi connectivity index (χ3v) is 2.72. The summed E-state index contributed by atoms with van der Waals surface area (Å²) in [6.07, 6.45) is -4.66. The number of hydrogen-bond donors (Lipinski definition) is 1. The minimum absolute atomic E-state index is 0.0772.